The summed E-state index contributed by atoms with van der Waals surface area (Å²) < 4.78 is 10.6. The van der Waals surface area contributed by atoms with Crippen LogP contribution in [0.15, 0.2) is 23.6 Å². The Hall–Kier alpha value is -1.10. The predicted octanol–water partition coefficient (Wildman–Crippen LogP) is 4.40. The molecule has 0 fully saturated rings. The van der Waals surface area contributed by atoms with Crippen LogP contribution in [0, 0.1) is 0 Å². The van der Waals surface area contributed by atoms with Gasteiger partial charge in [0, 0.05) is 28.9 Å². The molecule has 1 aromatic carbocycles. The van der Waals surface area contributed by atoms with Gasteiger partial charge in [0.25, 0.3) is 0 Å². The topological polar surface area (TPSA) is 30.5 Å². The van der Waals surface area contributed by atoms with Crippen molar-refractivity contribution in [1.29, 1.82) is 0 Å². The van der Waals surface area contributed by atoms with Crippen LogP contribution in [0.4, 0.5) is 5.69 Å². The molecule has 0 amide bonds. The Morgan fingerprint density at radius 2 is 1.94 bits per heavy atom. The van der Waals surface area contributed by atoms with Crippen molar-refractivity contribution in [3.8, 4) is 11.5 Å². The summed E-state index contributed by atoms with van der Waals surface area (Å²) in [5, 5.41) is 6.53. The van der Waals surface area contributed by atoms with Crippen molar-refractivity contribution in [1.82, 2.24) is 0 Å². The van der Waals surface area contributed by atoms with E-state index in [1.807, 2.05) is 17.5 Å². The predicted molar refractivity (Wildman–Crippen MR) is 74.2 cm³/mol. The highest BCUT2D eigenvalue weighted by Crippen LogP contribution is 2.39. The monoisotopic (exact) mass is 301 g/mol. The summed E-state index contributed by atoms with van der Waals surface area (Å²) in [6, 6.07) is 5.54. The van der Waals surface area contributed by atoms with Gasteiger partial charge in [0.05, 0.1) is 15.7 Å². The van der Waals surface area contributed by atoms with Crippen LogP contribution in [0.25, 0.3) is 0 Å². The Labute approximate surface area is 118 Å². The van der Waals surface area contributed by atoms with E-state index in [1.54, 1.807) is 17.4 Å². The minimum atomic E-state index is 0.246. The van der Waals surface area contributed by atoms with Crippen molar-refractivity contribution in [2.45, 2.75) is 6.54 Å². The lowest BCUT2D eigenvalue weighted by Gasteiger charge is -2.08. The molecule has 0 bridgehead atoms. The molecule has 94 valence electrons. The number of ether oxygens (including phenoxy) is 2. The van der Waals surface area contributed by atoms with E-state index in [4.69, 9.17) is 32.7 Å². The van der Waals surface area contributed by atoms with Gasteiger partial charge in [-0.25, -0.2) is 0 Å². The van der Waals surface area contributed by atoms with Crippen molar-refractivity contribution in [3.05, 3.63) is 38.5 Å². The number of hydrogen-bond donors (Lipinski definition) is 1. The minimum absolute atomic E-state index is 0.246. The highest BCUT2D eigenvalue weighted by atomic mass is 35.5. The molecule has 3 nitrogen and oxygen atoms in total. The first-order valence-electron chi connectivity index (χ1n) is 5.28. The maximum atomic E-state index is 6.16. The van der Waals surface area contributed by atoms with Gasteiger partial charge in [0.1, 0.15) is 0 Å². The molecule has 0 unspecified atom stereocenters. The fourth-order valence-electron chi connectivity index (χ4n) is 1.68. The maximum absolute atomic E-state index is 6.16. The lowest BCUT2D eigenvalue weighted by atomic mass is 10.2. The number of fused-ring (bicyclic) bond motifs is 1. The van der Waals surface area contributed by atoms with Crippen LogP contribution in [-0.4, -0.2) is 6.79 Å². The number of rotatable bonds is 3. The van der Waals surface area contributed by atoms with E-state index in [2.05, 4.69) is 5.32 Å². The minimum Gasteiger partial charge on any atom is -0.454 e. The quantitative estimate of drug-likeness (QED) is 0.911. The first-order valence-corrected chi connectivity index (χ1v) is 6.92. The normalized spacial score (nSPS) is 12.8. The van der Waals surface area contributed by atoms with E-state index in [-0.39, 0.29) is 6.79 Å². The van der Waals surface area contributed by atoms with Gasteiger partial charge in [-0.2, -0.15) is 0 Å². The third-order valence-electron chi connectivity index (χ3n) is 2.54. The van der Waals surface area contributed by atoms with Gasteiger partial charge in [-0.1, -0.05) is 23.2 Å². The molecule has 0 saturated carbocycles. The smallest absolute Gasteiger partial charge is 0.231 e. The summed E-state index contributed by atoms with van der Waals surface area (Å²) in [4.78, 5) is 1.15. The van der Waals surface area contributed by atoms with Crippen LogP contribution in [0.5, 0.6) is 11.5 Å². The largest absolute Gasteiger partial charge is 0.454 e. The Bertz CT molecular complexity index is 585. The summed E-state index contributed by atoms with van der Waals surface area (Å²) in [5.74, 6) is 1.40. The van der Waals surface area contributed by atoms with Crippen molar-refractivity contribution in [2.24, 2.45) is 0 Å². The number of hydrogen-bond acceptors (Lipinski definition) is 4. The second-order valence-electron chi connectivity index (χ2n) is 3.77. The summed E-state index contributed by atoms with van der Waals surface area (Å²) >= 11 is 13.6. The van der Waals surface area contributed by atoms with Crippen LogP contribution in [0.1, 0.15) is 4.88 Å². The zero-order valence-electron chi connectivity index (χ0n) is 9.20. The summed E-state index contributed by atoms with van der Waals surface area (Å²) in [6.07, 6.45) is 0. The van der Waals surface area contributed by atoms with Gasteiger partial charge in [0.2, 0.25) is 6.79 Å². The van der Waals surface area contributed by atoms with E-state index in [0.717, 1.165) is 15.6 Å². The van der Waals surface area contributed by atoms with Crippen LogP contribution in [-0.2, 0) is 6.54 Å². The van der Waals surface area contributed by atoms with Crippen molar-refractivity contribution in [3.63, 3.8) is 0 Å². The zero-order chi connectivity index (χ0) is 12.5. The van der Waals surface area contributed by atoms with Gasteiger partial charge in [-0.15, -0.1) is 11.3 Å². The molecule has 0 atom stereocenters. The van der Waals surface area contributed by atoms with Crippen LogP contribution < -0.4 is 14.8 Å². The zero-order valence-corrected chi connectivity index (χ0v) is 11.5. The summed E-state index contributed by atoms with van der Waals surface area (Å²) in [7, 11) is 0. The molecular formula is C12H9Cl2NO2S. The highest BCUT2D eigenvalue weighted by Gasteiger charge is 2.16. The van der Waals surface area contributed by atoms with E-state index < -0.39 is 0 Å². The molecule has 1 aromatic heterocycles. The highest BCUT2D eigenvalue weighted by molar-refractivity contribution is 7.10. The third kappa shape index (κ3) is 2.36. The lowest BCUT2D eigenvalue weighted by molar-refractivity contribution is 0.174. The molecule has 3 rings (SSSR count). The van der Waals surface area contributed by atoms with Gasteiger partial charge in [0.15, 0.2) is 11.5 Å². The molecular weight excluding hydrogens is 293 g/mol. The van der Waals surface area contributed by atoms with E-state index in [1.165, 1.54) is 0 Å². The fourth-order valence-corrected chi connectivity index (χ4v) is 2.91. The van der Waals surface area contributed by atoms with E-state index in [0.29, 0.717) is 23.1 Å². The molecule has 0 aliphatic carbocycles. The van der Waals surface area contributed by atoms with Gasteiger partial charge >= 0.3 is 0 Å². The molecule has 0 spiro atoms. The molecule has 2 aromatic rings. The Balaban J connectivity index is 1.76. The van der Waals surface area contributed by atoms with E-state index in [9.17, 15) is 0 Å². The Morgan fingerprint density at radius 1 is 1.17 bits per heavy atom. The molecule has 2 heterocycles. The summed E-state index contributed by atoms with van der Waals surface area (Å²) in [5.41, 5.74) is 0.824. The number of thiophene rings is 1. The molecule has 6 heteroatoms. The molecule has 1 aliphatic rings. The van der Waals surface area contributed by atoms with E-state index >= 15 is 0 Å². The Kier molecular flexibility index (Phi) is 3.24. The lowest BCUT2D eigenvalue weighted by Crippen LogP contribution is -1.98. The third-order valence-corrected chi connectivity index (χ3v) is 4.13. The molecule has 0 radical (unpaired) electrons. The number of anilines is 1. The maximum Gasteiger partial charge on any atom is 0.231 e. The van der Waals surface area contributed by atoms with Crippen molar-refractivity contribution < 1.29 is 9.47 Å². The van der Waals surface area contributed by atoms with Gasteiger partial charge < -0.3 is 14.8 Å². The van der Waals surface area contributed by atoms with Crippen molar-refractivity contribution in [2.75, 3.05) is 12.1 Å². The molecule has 1 aliphatic heterocycles. The first-order chi connectivity index (χ1) is 8.72. The number of nitrogens with one attached hydrogen (secondary N) is 1. The van der Waals surface area contributed by atoms with Gasteiger partial charge in [-0.05, 0) is 6.07 Å². The van der Waals surface area contributed by atoms with Crippen LogP contribution >= 0.6 is 34.5 Å². The fraction of sp³-hybridized carbons (Fsp3) is 0.167. The average molecular weight is 302 g/mol. The van der Waals surface area contributed by atoms with Crippen LogP contribution in [0.3, 0.4) is 0 Å². The standard InChI is InChI=1S/C12H9Cl2NO2S/c13-7-1-8(18-5-7)4-15-10-3-12-11(2-9(10)14)16-6-17-12/h1-3,5,15H,4,6H2. The molecule has 1 N–H and O–H groups in total. The Morgan fingerprint density at radius 3 is 2.67 bits per heavy atom. The first kappa shape index (κ1) is 12.0. The second kappa shape index (κ2) is 4.88. The molecule has 0 saturated heterocycles. The van der Waals surface area contributed by atoms with Gasteiger partial charge in [-0.3, -0.25) is 0 Å². The van der Waals surface area contributed by atoms with Crippen LogP contribution in [0.2, 0.25) is 10.0 Å². The number of halogens is 2. The average Bonchev–Trinajstić information content (AvgIpc) is 2.94. The second-order valence-corrected chi connectivity index (χ2v) is 5.61. The number of benzene rings is 1. The summed E-state index contributed by atoms with van der Waals surface area (Å²) in [6.45, 7) is 0.923. The van der Waals surface area contributed by atoms with Crippen molar-refractivity contribution >= 4 is 40.2 Å². The molecule has 18 heavy (non-hydrogen) atoms. The SMILES string of the molecule is Clc1csc(CNc2cc3c(cc2Cl)OCO3)c1.